The number of ether oxygens (including phenoxy) is 1. The molecule has 1 saturated heterocycles. The van der Waals surface area contributed by atoms with Gasteiger partial charge in [0.25, 0.3) is 0 Å². The molecule has 100 valence electrons. The summed E-state index contributed by atoms with van der Waals surface area (Å²) in [5, 5.41) is 0. The average molecular weight is 381 g/mol. The largest absolute Gasteiger partial charge is 0.376 e. The van der Waals surface area contributed by atoms with E-state index in [4.69, 9.17) is 4.74 Å². The lowest BCUT2D eigenvalue weighted by Crippen LogP contribution is -2.41. The van der Waals surface area contributed by atoms with Crippen molar-refractivity contribution in [2.45, 2.75) is 30.4 Å². The molecule has 1 aromatic carbocycles. The molecule has 0 radical (unpaired) electrons. The van der Waals surface area contributed by atoms with Gasteiger partial charge in [-0.15, -0.1) is 0 Å². The summed E-state index contributed by atoms with van der Waals surface area (Å²) in [7, 11) is -3.44. The number of sulfonamides is 1. The number of halogens is 1. The van der Waals surface area contributed by atoms with Gasteiger partial charge in [-0.3, -0.25) is 0 Å². The summed E-state index contributed by atoms with van der Waals surface area (Å²) in [5.41, 5.74) is 1.04. The summed E-state index contributed by atoms with van der Waals surface area (Å²) >= 11 is 2.22. The summed E-state index contributed by atoms with van der Waals surface area (Å²) in [4.78, 5) is 0.312. The number of alkyl halides is 1. The zero-order chi connectivity index (χ0) is 13.2. The number of hydrogen-bond acceptors (Lipinski definition) is 3. The summed E-state index contributed by atoms with van der Waals surface area (Å²) in [5.74, 6) is 0. The fourth-order valence-electron chi connectivity index (χ4n) is 1.92. The predicted molar refractivity (Wildman–Crippen MR) is 78.5 cm³/mol. The molecular weight excluding hydrogens is 365 g/mol. The highest BCUT2D eigenvalue weighted by atomic mass is 127. The molecule has 1 aliphatic heterocycles. The van der Waals surface area contributed by atoms with Crippen molar-refractivity contribution in [2.75, 3.05) is 11.0 Å². The molecule has 1 heterocycles. The number of aryl methyl sites for hydroxylation is 1. The van der Waals surface area contributed by atoms with Gasteiger partial charge >= 0.3 is 0 Å². The molecule has 6 heteroatoms. The van der Waals surface area contributed by atoms with E-state index in [9.17, 15) is 8.42 Å². The molecule has 1 N–H and O–H groups in total. The van der Waals surface area contributed by atoms with Crippen molar-refractivity contribution in [2.24, 2.45) is 0 Å². The van der Waals surface area contributed by atoms with Crippen molar-refractivity contribution in [3.05, 3.63) is 29.8 Å². The molecule has 4 nitrogen and oxygen atoms in total. The molecule has 18 heavy (non-hydrogen) atoms. The normalized spacial score (nSPS) is 24.3. The molecule has 1 aliphatic rings. The second-order valence-electron chi connectivity index (χ2n) is 4.39. The van der Waals surface area contributed by atoms with Crippen LogP contribution in [0.3, 0.4) is 0 Å². The van der Waals surface area contributed by atoms with E-state index in [0.29, 0.717) is 11.5 Å². The van der Waals surface area contributed by atoms with E-state index in [1.54, 1.807) is 24.3 Å². The van der Waals surface area contributed by atoms with Crippen molar-refractivity contribution in [3.63, 3.8) is 0 Å². The molecule has 0 spiro atoms. The van der Waals surface area contributed by atoms with Gasteiger partial charge in [0.05, 0.1) is 17.0 Å². The van der Waals surface area contributed by atoms with Crippen LogP contribution in [0.5, 0.6) is 0 Å². The molecule has 1 fully saturated rings. The van der Waals surface area contributed by atoms with Crippen LogP contribution in [0.1, 0.15) is 12.0 Å². The van der Waals surface area contributed by atoms with E-state index in [0.717, 1.165) is 16.4 Å². The molecule has 0 aliphatic carbocycles. The van der Waals surface area contributed by atoms with Gasteiger partial charge in [-0.25, -0.2) is 13.1 Å². The minimum atomic E-state index is -3.44. The Balaban J connectivity index is 2.14. The van der Waals surface area contributed by atoms with Crippen molar-refractivity contribution < 1.29 is 13.2 Å². The van der Waals surface area contributed by atoms with E-state index in [1.165, 1.54) is 0 Å². The SMILES string of the molecule is Cc1ccc(S(=O)(=O)N[C@@H]2CCO[C@@H]2CI)cc1. The first-order valence-electron chi connectivity index (χ1n) is 5.79. The van der Waals surface area contributed by atoms with Crippen LogP contribution in [0.15, 0.2) is 29.2 Å². The summed E-state index contributed by atoms with van der Waals surface area (Å²) in [6.45, 7) is 2.55. The van der Waals surface area contributed by atoms with Gasteiger partial charge in [-0.2, -0.15) is 0 Å². The number of rotatable bonds is 4. The summed E-state index contributed by atoms with van der Waals surface area (Å²) < 4.78 is 33.4. The smallest absolute Gasteiger partial charge is 0.240 e. The van der Waals surface area contributed by atoms with Gasteiger partial charge in [-0.1, -0.05) is 40.3 Å². The Hall–Kier alpha value is -0.180. The number of nitrogens with one attached hydrogen (secondary N) is 1. The lowest BCUT2D eigenvalue weighted by atomic mass is 10.2. The third-order valence-corrected chi connectivity index (χ3v) is 5.37. The summed E-state index contributed by atoms with van der Waals surface area (Å²) in [6, 6.07) is 6.75. The topological polar surface area (TPSA) is 55.4 Å². The van der Waals surface area contributed by atoms with Crippen LogP contribution in [-0.2, 0) is 14.8 Å². The van der Waals surface area contributed by atoms with Crippen molar-refractivity contribution in [1.82, 2.24) is 4.72 Å². The van der Waals surface area contributed by atoms with Gasteiger partial charge in [0.2, 0.25) is 10.0 Å². The van der Waals surface area contributed by atoms with Crippen LogP contribution in [0, 0.1) is 6.92 Å². The second kappa shape index (κ2) is 5.85. The zero-order valence-electron chi connectivity index (χ0n) is 10.1. The molecule has 1 aromatic rings. The molecule has 2 rings (SSSR count). The van der Waals surface area contributed by atoms with Crippen LogP contribution in [0.25, 0.3) is 0 Å². The van der Waals surface area contributed by atoms with Gasteiger partial charge < -0.3 is 4.74 Å². The maximum absolute atomic E-state index is 12.2. The Kier molecular flexibility index (Phi) is 4.63. The lowest BCUT2D eigenvalue weighted by molar-refractivity contribution is 0.122. The minimum absolute atomic E-state index is 0.0224. The molecule has 0 unspecified atom stereocenters. The highest BCUT2D eigenvalue weighted by Crippen LogP contribution is 2.19. The second-order valence-corrected chi connectivity index (χ2v) is 6.99. The highest BCUT2D eigenvalue weighted by molar-refractivity contribution is 14.1. The number of hydrogen-bond donors (Lipinski definition) is 1. The fourth-order valence-corrected chi connectivity index (χ4v) is 4.09. The van der Waals surface area contributed by atoms with Crippen molar-refractivity contribution in [1.29, 1.82) is 0 Å². The maximum atomic E-state index is 12.2. The van der Waals surface area contributed by atoms with E-state index in [-0.39, 0.29) is 12.1 Å². The van der Waals surface area contributed by atoms with Crippen molar-refractivity contribution in [3.8, 4) is 0 Å². The Morgan fingerprint density at radius 2 is 2.06 bits per heavy atom. The quantitative estimate of drug-likeness (QED) is 0.640. The van der Waals surface area contributed by atoms with E-state index >= 15 is 0 Å². The van der Waals surface area contributed by atoms with Gasteiger partial charge in [0, 0.05) is 11.0 Å². The first kappa shape index (κ1) is 14.2. The van der Waals surface area contributed by atoms with E-state index in [2.05, 4.69) is 27.3 Å². The monoisotopic (exact) mass is 381 g/mol. The number of benzene rings is 1. The Morgan fingerprint density at radius 3 is 2.67 bits per heavy atom. The first-order chi connectivity index (χ1) is 8.53. The molecule has 0 aromatic heterocycles. The average Bonchev–Trinajstić information content (AvgIpc) is 2.76. The van der Waals surface area contributed by atoms with Crippen LogP contribution in [0.2, 0.25) is 0 Å². The molecular formula is C12H16INO3S. The van der Waals surface area contributed by atoms with Crippen LogP contribution >= 0.6 is 22.6 Å². The lowest BCUT2D eigenvalue weighted by Gasteiger charge is -2.17. The summed E-state index contributed by atoms with van der Waals surface area (Å²) in [6.07, 6.45) is 0.712. The van der Waals surface area contributed by atoms with Gasteiger partial charge in [-0.05, 0) is 25.5 Å². The first-order valence-corrected chi connectivity index (χ1v) is 8.80. The Morgan fingerprint density at radius 1 is 1.39 bits per heavy atom. The molecule has 0 amide bonds. The van der Waals surface area contributed by atoms with E-state index < -0.39 is 10.0 Å². The van der Waals surface area contributed by atoms with Crippen LogP contribution in [-0.4, -0.2) is 31.6 Å². The van der Waals surface area contributed by atoms with Gasteiger partial charge in [0.1, 0.15) is 0 Å². The van der Waals surface area contributed by atoms with E-state index in [1.807, 2.05) is 6.92 Å². The third-order valence-electron chi connectivity index (χ3n) is 3.00. The molecule has 2 atom stereocenters. The standard InChI is InChI=1S/C12H16INO3S/c1-9-2-4-10(5-3-9)18(15,16)14-11-6-7-17-12(11)8-13/h2-5,11-12,14H,6-8H2,1H3/t11-,12-/m1/s1. The molecule has 0 bridgehead atoms. The highest BCUT2D eigenvalue weighted by Gasteiger charge is 2.31. The van der Waals surface area contributed by atoms with Gasteiger partial charge in [0.15, 0.2) is 0 Å². The Bertz CT molecular complexity index is 501. The zero-order valence-corrected chi connectivity index (χ0v) is 13.1. The maximum Gasteiger partial charge on any atom is 0.240 e. The minimum Gasteiger partial charge on any atom is -0.376 e. The predicted octanol–water partition coefficient (Wildman–Crippen LogP) is 1.87. The van der Waals surface area contributed by atoms with Crippen molar-refractivity contribution >= 4 is 32.6 Å². The van der Waals surface area contributed by atoms with Crippen LogP contribution in [0.4, 0.5) is 0 Å². The Labute approximate surface area is 121 Å². The molecule has 0 saturated carbocycles. The third kappa shape index (κ3) is 3.23. The fraction of sp³-hybridized carbons (Fsp3) is 0.500. The van der Waals surface area contributed by atoms with Crippen LogP contribution < -0.4 is 4.72 Å².